The van der Waals surface area contributed by atoms with Crippen molar-refractivity contribution in [3.05, 3.63) is 0 Å². The fraction of sp³-hybridized carbons (Fsp3) is 0.950. The Labute approximate surface area is 148 Å². The predicted octanol–water partition coefficient (Wildman–Crippen LogP) is 4.26. The molecule has 1 aliphatic rings. The maximum atomic E-state index is 12.1. The Bertz CT molecular complexity index is 319. The highest BCUT2D eigenvalue weighted by molar-refractivity contribution is 5.83. The van der Waals surface area contributed by atoms with E-state index in [1.165, 1.54) is 25.7 Å². The van der Waals surface area contributed by atoms with Gasteiger partial charge in [0.15, 0.2) is 0 Å². The molecule has 0 N–H and O–H groups in total. The van der Waals surface area contributed by atoms with Gasteiger partial charge in [-0.25, -0.2) is 0 Å². The number of Topliss-reactive ketones (excluding diaryl/α,β-unsaturated/α-hetero) is 1. The van der Waals surface area contributed by atoms with Gasteiger partial charge in [-0.2, -0.15) is 0 Å². The van der Waals surface area contributed by atoms with Gasteiger partial charge in [0, 0.05) is 26.1 Å². The first-order valence-electron chi connectivity index (χ1n) is 9.86. The number of carbonyl (C=O) groups is 1. The van der Waals surface area contributed by atoms with Gasteiger partial charge >= 0.3 is 0 Å². The SMILES string of the molecule is CCC(C)CCC1C(=O)CCC1CCCCOCCOCCOC. The number of ether oxygens (including phenoxy) is 3. The molecule has 0 radical (unpaired) electrons. The van der Waals surface area contributed by atoms with Gasteiger partial charge in [-0.15, -0.1) is 0 Å². The van der Waals surface area contributed by atoms with Crippen molar-refractivity contribution in [3.63, 3.8) is 0 Å². The number of methoxy groups -OCH3 is 1. The average Bonchev–Trinajstić information content (AvgIpc) is 2.94. The first-order valence-corrected chi connectivity index (χ1v) is 9.86. The van der Waals surface area contributed by atoms with Gasteiger partial charge in [0.2, 0.25) is 0 Å². The third-order valence-electron chi connectivity index (χ3n) is 5.33. The van der Waals surface area contributed by atoms with Crippen LogP contribution in [-0.4, -0.2) is 45.9 Å². The molecule has 1 fully saturated rings. The Morgan fingerprint density at radius 1 is 1.04 bits per heavy atom. The van der Waals surface area contributed by atoms with Crippen molar-refractivity contribution < 1.29 is 19.0 Å². The number of ketones is 1. The van der Waals surface area contributed by atoms with Crippen molar-refractivity contribution in [2.45, 2.75) is 65.2 Å². The van der Waals surface area contributed by atoms with Crippen molar-refractivity contribution in [2.24, 2.45) is 17.8 Å². The minimum atomic E-state index is 0.342. The van der Waals surface area contributed by atoms with Crippen LogP contribution in [0.5, 0.6) is 0 Å². The van der Waals surface area contributed by atoms with Crippen LogP contribution in [0.4, 0.5) is 0 Å². The third-order valence-corrected chi connectivity index (χ3v) is 5.33. The summed E-state index contributed by atoms with van der Waals surface area (Å²) in [6, 6.07) is 0. The largest absolute Gasteiger partial charge is 0.382 e. The molecule has 4 heteroatoms. The molecule has 0 spiro atoms. The Kier molecular flexibility index (Phi) is 12.4. The molecule has 0 aliphatic heterocycles. The Morgan fingerprint density at radius 2 is 1.75 bits per heavy atom. The molecule has 3 atom stereocenters. The van der Waals surface area contributed by atoms with E-state index in [1.54, 1.807) is 7.11 Å². The summed E-state index contributed by atoms with van der Waals surface area (Å²) in [5.74, 6) is 2.24. The molecule has 3 unspecified atom stereocenters. The van der Waals surface area contributed by atoms with Crippen LogP contribution in [0.3, 0.4) is 0 Å². The summed E-state index contributed by atoms with van der Waals surface area (Å²) in [4.78, 5) is 12.1. The van der Waals surface area contributed by atoms with E-state index in [0.29, 0.717) is 44.0 Å². The van der Waals surface area contributed by atoms with Crippen molar-refractivity contribution in [3.8, 4) is 0 Å². The van der Waals surface area contributed by atoms with Gasteiger partial charge in [0.25, 0.3) is 0 Å². The van der Waals surface area contributed by atoms with E-state index in [0.717, 1.165) is 38.2 Å². The van der Waals surface area contributed by atoms with E-state index in [4.69, 9.17) is 14.2 Å². The van der Waals surface area contributed by atoms with Crippen molar-refractivity contribution in [1.82, 2.24) is 0 Å². The monoisotopic (exact) mass is 342 g/mol. The van der Waals surface area contributed by atoms with E-state index >= 15 is 0 Å². The number of hydrogen-bond acceptors (Lipinski definition) is 4. The lowest BCUT2D eigenvalue weighted by atomic mass is 9.85. The van der Waals surface area contributed by atoms with Crippen LogP contribution in [-0.2, 0) is 19.0 Å². The predicted molar refractivity (Wildman–Crippen MR) is 97.3 cm³/mol. The van der Waals surface area contributed by atoms with Crippen molar-refractivity contribution in [1.29, 1.82) is 0 Å². The van der Waals surface area contributed by atoms with Gasteiger partial charge in [-0.1, -0.05) is 33.1 Å². The second kappa shape index (κ2) is 13.8. The summed E-state index contributed by atoms with van der Waals surface area (Å²) in [7, 11) is 1.67. The average molecular weight is 343 g/mol. The summed E-state index contributed by atoms with van der Waals surface area (Å²) < 4.78 is 15.9. The lowest BCUT2D eigenvalue weighted by Crippen LogP contribution is -2.16. The first kappa shape index (κ1) is 21.6. The lowest BCUT2D eigenvalue weighted by Gasteiger charge is -2.20. The molecule has 0 aromatic heterocycles. The molecule has 0 amide bonds. The number of unbranched alkanes of at least 4 members (excludes halogenated alkanes) is 1. The van der Waals surface area contributed by atoms with Crippen LogP contribution < -0.4 is 0 Å². The second-order valence-corrected chi connectivity index (χ2v) is 7.18. The molecule has 142 valence electrons. The van der Waals surface area contributed by atoms with E-state index in [9.17, 15) is 4.79 Å². The van der Waals surface area contributed by atoms with Crippen LogP contribution in [0.25, 0.3) is 0 Å². The topological polar surface area (TPSA) is 44.8 Å². The minimum absolute atomic E-state index is 0.342. The fourth-order valence-corrected chi connectivity index (χ4v) is 3.46. The molecule has 0 aromatic carbocycles. The molecule has 4 nitrogen and oxygen atoms in total. The quantitative estimate of drug-likeness (QED) is 0.417. The van der Waals surface area contributed by atoms with E-state index in [1.807, 2.05) is 0 Å². The highest BCUT2D eigenvalue weighted by Crippen LogP contribution is 2.36. The van der Waals surface area contributed by atoms with Gasteiger partial charge in [-0.3, -0.25) is 4.79 Å². The molecule has 0 saturated heterocycles. The highest BCUT2D eigenvalue weighted by Gasteiger charge is 2.33. The molecule has 1 aliphatic carbocycles. The lowest BCUT2D eigenvalue weighted by molar-refractivity contribution is -0.121. The number of hydrogen-bond donors (Lipinski definition) is 0. The van der Waals surface area contributed by atoms with Crippen molar-refractivity contribution in [2.75, 3.05) is 40.1 Å². The van der Waals surface area contributed by atoms with E-state index < -0.39 is 0 Å². The molecule has 0 heterocycles. The summed E-state index contributed by atoms with van der Waals surface area (Å²) in [5.41, 5.74) is 0. The van der Waals surface area contributed by atoms with Gasteiger partial charge in [-0.05, 0) is 37.5 Å². The Balaban J connectivity index is 2.03. The third kappa shape index (κ3) is 9.14. The molecular formula is C20H38O4. The van der Waals surface area contributed by atoms with E-state index in [2.05, 4.69) is 13.8 Å². The molecule has 1 saturated carbocycles. The summed E-state index contributed by atoms with van der Waals surface area (Å²) in [5, 5.41) is 0. The minimum Gasteiger partial charge on any atom is -0.382 e. The van der Waals surface area contributed by atoms with Crippen LogP contribution in [0.15, 0.2) is 0 Å². The van der Waals surface area contributed by atoms with Gasteiger partial charge in [0.1, 0.15) is 5.78 Å². The normalized spacial score (nSPS) is 22.2. The molecular weight excluding hydrogens is 304 g/mol. The number of carbonyl (C=O) groups excluding carboxylic acids is 1. The first-order chi connectivity index (χ1) is 11.7. The van der Waals surface area contributed by atoms with Crippen LogP contribution in [0.1, 0.15) is 65.2 Å². The van der Waals surface area contributed by atoms with Crippen molar-refractivity contribution >= 4 is 5.78 Å². The van der Waals surface area contributed by atoms with E-state index in [-0.39, 0.29) is 0 Å². The van der Waals surface area contributed by atoms with Gasteiger partial charge < -0.3 is 14.2 Å². The summed E-state index contributed by atoms with van der Waals surface area (Å²) >= 11 is 0. The van der Waals surface area contributed by atoms with Crippen LogP contribution in [0, 0.1) is 17.8 Å². The standard InChI is InChI=1S/C20H38O4/c1-4-17(2)8-10-19-18(9-11-20(19)21)7-5-6-12-23-15-16-24-14-13-22-3/h17-19H,4-16H2,1-3H3. The van der Waals surface area contributed by atoms with Gasteiger partial charge in [0.05, 0.1) is 26.4 Å². The maximum absolute atomic E-state index is 12.1. The Morgan fingerprint density at radius 3 is 2.46 bits per heavy atom. The maximum Gasteiger partial charge on any atom is 0.136 e. The summed E-state index contributed by atoms with van der Waals surface area (Å²) in [6.07, 6.45) is 8.89. The zero-order valence-electron chi connectivity index (χ0n) is 16.1. The Hall–Kier alpha value is -0.450. The smallest absolute Gasteiger partial charge is 0.136 e. The molecule has 0 bridgehead atoms. The number of rotatable bonds is 15. The fourth-order valence-electron chi connectivity index (χ4n) is 3.46. The molecule has 1 rings (SSSR count). The zero-order chi connectivity index (χ0) is 17.6. The molecule has 0 aromatic rings. The van der Waals surface area contributed by atoms with Crippen LogP contribution >= 0.6 is 0 Å². The zero-order valence-corrected chi connectivity index (χ0v) is 16.1. The second-order valence-electron chi connectivity index (χ2n) is 7.18. The van der Waals surface area contributed by atoms with Crippen LogP contribution in [0.2, 0.25) is 0 Å². The summed E-state index contributed by atoms with van der Waals surface area (Å²) in [6.45, 7) is 7.89. The molecule has 24 heavy (non-hydrogen) atoms. The highest BCUT2D eigenvalue weighted by atomic mass is 16.5.